The van der Waals surface area contributed by atoms with Crippen LogP contribution in [0.2, 0.25) is 0 Å². The molecule has 0 atom stereocenters. The Morgan fingerprint density at radius 1 is 1.15 bits per heavy atom. The number of nitrogens with one attached hydrogen (secondary N) is 2. The van der Waals surface area contributed by atoms with Crippen LogP contribution in [-0.4, -0.2) is 26.3 Å². The first kappa shape index (κ1) is 14.3. The molecule has 0 unspecified atom stereocenters. The lowest BCUT2D eigenvalue weighted by Gasteiger charge is -2.08. The van der Waals surface area contributed by atoms with Crippen molar-refractivity contribution in [2.75, 3.05) is 17.2 Å². The first-order valence-electron chi connectivity index (χ1n) is 6.90. The van der Waals surface area contributed by atoms with Gasteiger partial charge in [0, 0.05) is 37.5 Å². The molecule has 0 aliphatic carbocycles. The van der Waals surface area contributed by atoms with E-state index in [0.717, 1.165) is 36.8 Å². The summed E-state index contributed by atoms with van der Waals surface area (Å²) < 4.78 is 1.90. The highest BCUT2D eigenvalue weighted by atomic mass is 15.3. The lowest BCUT2D eigenvalue weighted by molar-refractivity contribution is 0.730. The van der Waals surface area contributed by atoms with E-state index in [9.17, 15) is 0 Å². The van der Waals surface area contributed by atoms with Gasteiger partial charge in [0.25, 0.3) is 0 Å². The van der Waals surface area contributed by atoms with Crippen molar-refractivity contribution in [3.8, 4) is 0 Å². The van der Waals surface area contributed by atoms with Crippen molar-refractivity contribution >= 4 is 11.6 Å². The molecule has 0 spiro atoms. The number of aryl methyl sites for hydroxylation is 2. The Hall–Kier alpha value is -2.11. The van der Waals surface area contributed by atoms with Crippen LogP contribution in [0, 0.1) is 13.8 Å². The van der Waals surface area contributed by atoms with Crippen LogP contribution in [0.3, 0.4) is 0 Å². The molecule has 0 aliphatic rings. The van der Waals surface area contributed by atoms with Gasteiger partial charge >= 0.3 is 0 Å². The number of rotatable bonds is 6. The van der Waals surface area contributed by atoms with E-state index >= 15 is 0 Å². The molecule has 0 amide bonds. The van der Waals surface area contributed by atoms with Gasteiger partial charge in [0.2, 0.25) is 0 Å². The molecule has 2 N–H and O–H groups in total. The SMILES string of the molecule is CCCNc1cc(NCc2c(C)nn(C)c2C)ncn1. The Kier molecular flexibility index (Phi) is 4.55. The van der Waals surface area contributed by atoms with Crippen LogP contribution < -0.4 is 10.6 Å². The predicted molar refractivity (Wildman–Crippen MR) is 80.8 cm³/mol. The second-order valence-electron chi connectivity index (χ2n) is 4.84. The number of hydrogen-bond donors (Lipinski definition) is 2. The third-order valence-corrected chi connectivity index (χ3v) is 3.33. The predicted octanol–water partition coefficient (Wildman–Crippen LogP) is 2.26. The number of anilines is 2. The summed E-state index contributed by atoms with van der Waals surface area (Å²) in [6.45, 7) is 7.86. The van der Waals surface area contributed by atoms with Gasteiger partial charge in [-0.3, -0.25) is 4.68 Å². The van der Waals surface area contributed by atoms with E-state index in [1.807, 2.05) is 24.7 Å². The average molecular weight is 274 g/mol. The highest BCUT2D eigenvalue weighted by Crippen LogP contribution is 2.15. The van der Waals surface area contributed by atoms with Crippen LogP contribution in [-0.2, 0) is 13.6 Å². The summed E-state index contributed by atoms with van der Waals surface area (Å²) in [6, 6.07) is 1.93. The van der Waals surface area contributed by atoms with Crippen molar-refractivity contribution in [1.29, 1.82) is 0 Å². The van der Waals surface area contributed by atoms with Gasteiger partial charge in [0.05, 0.1) is 5.69 Å². The fourth-order valence-corrected chi connectivity index (χ4v) is 2.06. The minimum absolute atomic E-state index is 0.718. The maximum atomic E-state index is 4.41. The number of nitrogens with zero attached hydrogens (tertiary/aromatic N) is 4. The molecule has 20 heavy (non-hydrogen) atoms. The molecule has 108 valence electrons. The maximum absolute atomic E-state index is 4.41. The monoisotopic (exact) mass is 274 g/mol. The van der Waals surface area contributed by atoms with Gasteiger partial charge in [-0.25, -0.2) is 9.97 Å². The van der Waals surface area contributed by atoms with Gasteiger partial charge in [-0.1, -0.05) is 6.92 Å². The average Bonchev–Trinajstić information content (AvgIpc) is 2.68. The van der Waals surface area contributed by atoms with E-state index in [4.69, 9.17) is 0 Å². The number of aromatic nitrogens is 4. The van der Waals surface area contributed by atoms with E-state index in [-0.39, 0.29) is 0 Å². The van der Waals surface area contributed by atoms with E-state index in [1.54, 1.807) is 6.33 Å². The molecule has 6 nitrogen and oxygen atoms in total. The smallest absolute Gasteiger partial charge is 0.131 e. The largest absolute Gasteiger partial charge is 0.370 e. The molecule has 2 aromatic heterocycles. The third kappa shape index (κ3) is 3.26. The molecule has 0 saturated carbocycles. The number of hydrogen-bond acceptors (Lipinski definition) is 5. The van der Waals surface area contributed by atoms with Gasteiger partial charge < -0.3 is 10.6 Å². The lowest BCUT2D eigenvalue weighted by atomic mass is 10.2. The molecule has 0 bridgehead atoms. The van der Waals surface area contributed by atoms with Crippen LogP contribution in [0.5, 0.6) is 0 Å². The zero-order valence-corrected chi connectivity index (χ0v) is 12.6. The third-order valence-electron chi connectivity index (χ3n) is 3.33. The standard InChI is InChI=1S/C14H22N6/c1-5-6-15-13-7-14(18-9-17-13)16-8-12-10(2)19-20(4)11(12)3/h7,9H,5-6,8H2,1-4H3,(H2,15,16,17,18). The molecule has 0 radical (unpaired) electrons. The molecule has 2 aromatic rings. The van der Waals surface area contributed by atoms with Gasteiger partial charge in [0.15, 0.2) is 0 Å². The zero-order valence-electron chi connectivity index (χ0n) is 12.6. The summed E-state index contributed by atoms with van der Waals surface area (Å²) in [7, 11) is 1.96. The van der Waals surface area contributed by atoms with Crippen molar-refractivity contribution in [3.63, 3.8) is 0 Å². The molecular formula is C14H22N6. The fraction of sp³-hybridized carbons (Fsp3) is 0.500. The molecular weight excluding hydrogens is 252 g/mol. The summed E-state index contributed by atoms with van der Waals surface area (Å²) >= 11 is 0. The van der Waals surface area contributed by atoms with Crippen molar-refractivity contribution < 1.29 is 0 Å². The van der Waals surface area contributed by atoms with Gasteiger partial charge in [-0.2, -0.15) is 5.10 Å². The maximum Gasteiger partial charge on any atom is 0.131 e. The Bertz CT molecular complexity index is 575. The second-order valence-corrected chi connectivity index (χ2v) is 4.84. The molecule has 0 aromatic carbocycles. The van der Waals surface area contributed by atoms with E-state index in [2.05, 4.69) is 39.5 Å². The second kappa shape index (κ2) is 6.36. The van der Waals surface area contributed by atoms with Crippen LogP contribution in [0.25, 0.3) is 0 Å². The Labute approximate surface area is 119 Å². The van der Waals surface area contributed by atoms with Crippen molar-refractivity contribution in [3.05, 3.63) is 29.3 Å². The van der Waals surface area contributed by atoms with Crippen LogP contribution in [0.1, 0.15) is 30.3 Å². The summed E-state index contributed by atoms with van der Waals surface area (Å²) in [4.78, 5) is 8.43. The zero-order chi connectivity index (χ0) is 14.5. The van der Waals surface area contributed by atoms with E-state index in [1.165, 1.54) is 11.3 Å². The first-order chi connectivity index (χ1) is 9.61. The topological polar surface area (TPSA) is 67.7 Å². The quantitative estimate of drug-likeness (QED) is 0.845. The van der Waals surface area contributed by atoms with E-state index < -0.39 is 0 Å². The highest BCUT2D eigenvalue weighted by molar-refractivity contribution is 5.47. The Morgan fingerprint density at radius 2 is 1.85 bits per heavy atom. The van der Waals surface area contributed by atoms with Crippen LogP contribution >= 0.6 is 0 Å². The molecule has 2 heterocycles. The Morgan fingerprint density at radius 3 is 2.45 bits per heavy atom. The van der Waals surface area contributed by atoms with Crippen molar-refractivity contribution in [2.24, 2.45) is 7.05 Å². The summed E-state index contributed by atoms with van der Waals surface area (Å²) in [5, 5.41) is 11.0. The summed E-state index contributed by atoms with van der Waals surface area (Å²) in [5.41, 5.74) is 3.44. The lowest BCUT2D eigenvalue weighted by Crippen LogP contribution is -2.06. The van der Waals surface area contributed by atoms with Crippen LogP contribution in [0.4, 0.5) is 11.6 Å². The van der Waals surface area contributed by atoms with E-state index in [0.29, 0.717) is 0 Å². The first-order valence-corrected chi connectivity index (χ1v) is 6.90. The van der Waals surface area contributed by atoms with Gasteiger partial charge in [-0.05, 0) is 20.3 Å². The molecule has 2 rings (SSSR count). The highest BCUT2D eigenvalue weighted by Gasteiger charge is 2.09. The molecule has 0 fully saturated rings. The molecule has 0 saturated heterocycles. The van der Waals surface area contributed by atoms with Gasteiger partial charge in [-0.15, -0.1) is 0 Å². The normalized spacial score (nSPS) is 10.6. The minimum Gasteiger partial charge on any atom is -0.370 e. The van der Waals surface area contributed by atoms with Crippen molar-refractivity contribution in [2.45, 2.75) is 33.7 Å². The molecule has 0 aliphatic heterocycles. The minimum atomic E-state index is 0.718. The molecule has 6 heteroatoms. The van der Waals surface area contributed by atoms with Gasteiger partial charge in [0.1, 0.15) is 18.0 Å². The summed E-state index contributed by atoms with van der Waals surface area (Å²) in [5.74, 6) is 1.67. The van der Waals surface area contributed by atoms with Crippen LogP contribution in [0.15, 0.2) is 12.4 Å². The Balaban J connectivity index is 2.03. The summed E-state index contributed by atoms with van der Waals surface area (Å²) in [6.07, 6.45) is 2.64. The van der Waals surface area contributed by atoms with Crippen molar-refractivity contribution in [1.82, 2.24) is 19.7 Å². The fourth-order valence-electron chi connectivity index (χ4n) is 2.06.